The molecule has 0 bridgehead atoms. The first-order chi connectivity index (χ1) is 7.04. The molecule has 0 aliphatic rings. The molecule has 0 aliphatic heterocycles. The number of aromatic nitrogens is 1. The third kappa shape index (κ3) is 3.20. The Balaban J connectivity index is 2.93. The van der Waals surface area contributed by atoms with Gasteiger partial charge in [-0.2, -0.15) is 0 Å². The molecular weight excluding hydrogens is 188 g/mol. The molecule has 0 aliphatic carbocycles. The Morgan fingerprint density at radius 3 is 2.53 bits per heavy atom. The van der Waals surface area contributed by atoms with Gasteiger partial charge in [-0.3, -0.25) is 4.79 Å². The fourth-order valence-corrected chi connectivity index (χ4v) is 1.50. The number of hydrogen-bond donors (Lipinski definition) is 1. The van der Waals surface area contributed by atoms with E-state index < -0.39 is 0 Å². The Hall–Kier alpha value is -1.09. The van der Waals surface area contributed by atoms with E-state index in [1.807, 2.05) is 26.2 Å². The minimum Gasteiger partial charge on any atom is -0.315 e. The molecule has 1 N–H and O–H groups in total. The van der Waals surface area contributed by atoms with Crippen LogP contribution in [0.3, 0.4) is 0 Å². The minimum atomic E-state index is 0.0864. The first kappa shape index (κ1) is 12.0. The summed E-state index contributed by atoms with van der Waals surface area (Å²) in [7, 11) is 1.89. The van der Waals surface area contributed by atoms with Crippen molar-refractivity contribution in [2.24, 2.45) is 5.92 Å². The van der Waals surface area contributed by atoms with Gasteiger partial charge >= 0.3 is 0 Å². The van der Waals surface area contributed by atoms with Crippen LogP contribution in [0.1, 0.15) is 32.4 Å². The lowest BCUT2D eigenvalue weighted by Crippen LogP contribution is -2.23. The Bertz CT molecular complexity index is 368. The van der Waals surface area contributed by atoms with Gasteiger partial charge in [-0.05, 0) is 31.5 Å². The quantitative estimate of drug-likeness (QED) is 0.818. The molecule has 0 amide bonds. The predicted molar refractivity (Wildman–Crippen MR) is 63.0 cm³/mol. The first-order valence-corrected chi connectivity index (χ1v) is 5.42. The molecule has 1 unspecified atom stereocenters. The van der Waals surface area contributed by atoms with E-state index in [0.717, 1.165) is 12.1 Å². The van der Waals surface area contributed by atoms with Crippen molar-refractivity contribution >= 4 is 0 Å². The number of pyridine rings is 1. The van der Waals surface area contributed by atoms with Gasteiger partial charge in [0, 0.05) is 24.8 Å². The van der Waals surface area contributed by atoms with Crippen LogP contribution in [0.25, 0.3) is 0 Å². The van der Waals surface area contributed by atoms with Crippen LogP contribution in [0, 0.1) is 5.92 Å². The molecule has 84 valence electrons. The van der Waals surface area contributed by atoms with Crippen LogP contribution >= 0.6 is 0 Å². The Morgan fingerprint density at radius 2 is 2.07 bits per heavy atom. The van der Waals surface area contributed by atoms with Crippen LogP contribution in [0.2, 0.25) is 0 Å². The highest BCUT2D eigenvalue weighted by Crippen LogP contribution is 2.08. The zero-order valence-corrected chi connectivity index (χ0v) is 9.95. The molecule has 1 heterocycles. The van der Waals surface area contributed by atoms with Crippen LogP contribution in [0.4, 0.5) is 0 Å². The third-order valence-corrected chi connectivity index (χ3v) is 2.52. The summed E-state index contributed by atoms with van der Waals surface area (Å²) >= 11 is 0. The van der Waals surface area contributed by atoms with Gasteiger partial charge in [0.1, 0.15) is 0 Å². The highest BCUT2D eigenvalue weighted by Gasteiger charge is 2.05. The third-order valence-electron chi connectivity index (χ3n) is 2.52. The first-order valence-electron chi connectivity index (χ1n) is 5.42. The molecule has 1 aromatic heterocycles. The average molecular weight is 208 g/mol. The smallest absolute Gasteiger partial charge is 0.250 e. The number of hydrogen-bond acceptors (Lipinski definition) is 2. The van der Waals surface area contributed by atoms with Crippen molar-refractivity contribution in [2.75, 3.05) is 7.05 Å². The van der Waals surface area contributed by atoms with E-state index in [4.69, 9.17) is 0 Å². The summed E-state index contributed by atoms with van der Waals surface area (Å²) in [6.07, 6.45) is 1.88. The summed E-state index contributed by atoms with van der Waals surface area (Å²) in [5, 5.41) is 3.12. The molecule has 1 atom stereocenters. The van der Waals surface area contributed by atoms with Crippen molar-refractivity contribution in [1.82, 2.24) is 9.88 Å². The van der Waals surface area contributed by atoms with E-state index in [2.05, 4.69) is 19.2 Å². The molecule has 1 rings (SSSR count). The van der Waals surface area contributed by atoms with Crippen LogP contribution in [0.5, 0.6) is 0 Å². The molecule has 15 heavy (non-hydrogen) atoms. The standard InChI is InChI=1S/C12H20N2O/c1-9(2)8-14-6-5-11(7-12(14)15)10(3)13-4/h5-7,9-10,13H,8H2,1-4H3. The summed E-state index contributed by atoms with van der Waals surface area (Å²) in [5.41, 5.74) is 1.13. The fraction of sp³-hybridized carbons (Fsp3) is 0.583. The van der Waals surface area contributed by atoms with Crippen molar-refractivity contribution in [1.29, 1.82) is 0 Å². The second kappa shape index (κ2) is 5.12. The molecule has 1 aromatic rings. The highest BCUT2D eigenvalue weighted by molar-refractivity contribution is 5.14. The lowest BCUT2D eigenvalue weighted by Gasteiger charge is -2.13. The monoisotopic (exact) mass is 208 g/mol. The summed E-state index contributed by atoms with van der Waals surface area (Å²) in [6.45, 7) is 7.04. The second-order valence-corrected chi connectivity index (χ2v) is 4.35. The van der Waals surface area contributed by atoms with Crippen molar-refractivity contribution < 1.29 is 0 Å². The molecule has 0 radical (unpaired) electrons. The summed E-state index contributed by atoms with van der Waals surface area (Å²) in [4.78, 5) is 11.7. The lowest BCUT2D eigenvalue weighted by atomic mass is 10.1. The van der Waals surface area contributed by atoms with Gasteiger partial charge in [-0.15, -0.1) is 0 Å². The molecule has 0 spiro atoms. The fourth-order valence-electron chi connectivity index (χ4n) is 1.50. The van der Waals surface area contributed by atoms with Crippen molar-refractivity contribution in [3.63, 3.8) is 0 Å². The number of nitrogens with zero attached hydrogens (tertiary/aromatic N) is 1. The average Bonchev–Trinajstić information content (AvgIpc) is 2.19. The molecule has 0 fully saturated rings. The Labute approximate surface area is 91.1 Å². The van der Waals surface area contributed by atoms with Crippen LogP contribution in [-0.4, -0.2) is 11.6 Å². The Kier molecular flexibility index (Phi) is 4.09. The summed E-state index contributed by atoms with van der Waals surface area (Å²) in [6, 6.07) is 3.94. The predicted octanol–water partition coefficient (Wildman–Crippen LogP) is 1.78. The summed E-state index contributed by atoms with van der Waals surface area (Å²) in [5.74, 6) is 0.496. The molecular formula is C12H20N2O. The Morgan fingerprint density at radius 1 is 1.40 bits per heavy atom. The van der Waals surface area contributed by atoms with E-state index in [1.54, 1.807) is 10.6 Å². The van der Waals surface area contributed by atoms with Crippen molar-refractivity contribution in [3.8, 4) is 0 Å². The maximum absolute atomic E-state index is 11.7. The van der Waals surface area contributed by atoms with Crippen molar-refractivity contribution in [3.05, 3.63) is 34.2 Å². The van der Waals surface area contributed by atoms with Crippen LogP contribution < -0.4 is 10.9 Å². The molecule has 0 saturated carbocycles. The van der Waals surface area contributed by atoms with E-state index >= 15 is 0 Å². The van der Waals surface area contributed by atoms with E-state index in [9.17, 15) is 4.79 Å². The van der Waals surface area contributed by atoms with Gasteiger partial charge in [-0.25, -0.2) is 0 Å². The zero-order chi connectivity index (χ0) is 11.4. The van der Waals surface area contributed by atoms with Crippen molar-refractivity contribution in [2.45, 2.75) is 33.4 Å². The van der Waals surface area contributed by atoms with Gasteiger partial charge < -0.3 is 9.88 Å². The van der Waals surface area contributed by atoms with Gasteiger partial charge in [0.25, 0.3) is 5.56 Å². The minimum absolute atomic E-state index is 0.0864. The number of nitrogens with one attached hydrogen (secondary N) is 1. The van der Waals surface area contributed by atoms with E-state index in [1.165, 1.54) is 0 Å². The van der Waals surface area contributed by atoms with Gasteiger partial charge in [-0.1, -0.05) is 13.8 Å². The van der Waals surface area contributed by atoms with E-state index in [-0.39, 0.29) is 11.6 Å². The lowest BCUT2D eigenvalue weighted by molar-refractivity contribution is 0.509. The largest absolute Gasteiger partial charge is 0.315 e. The molecule has 0 aromatic carbocycles. The maximum atomic E-state index is 11.7. The molecule has 0 saturated heterocycles. The zero-order valence-electron chi connectivity index (χ0n) is 9.95. The molecule has 3 nitrogen and oxygen atoms in total. The van der Waals surface area contributed by atoms with Gasteiger partial charge in [0.15, 0.2) is 0 Å². The SMILES string of the molecule is CNC(C)c1ccn(CC(C)C)c(=O)c1. The van der Waals surface area contributed by atoms with Gasteiger partial charge in [0.2, 0.25) is 0 Å². The molecule has 3 heteroatoms. The van der Waals surface area contributed by atoms with Gasteiger partial charge in [0.05, 0.1) is 0 Å². The van der Waals surface area contributed by atoms with Crippen LogP contribution in [0.15, 0.2) is 23.1 Å². The van der Waals surface area contributed by atoms with Crippen LogP contribution in [-0.2, 0) is 6.54 Å². The topological polar surface area (TPSA) is 34.0 Å². The second-order valence-electron chi connectivity index (χ2n) is 4.35. The van der Waals surface area contributed by atoms with E-state index in [0.29, 0.717) is 5.92 Å². The highest BCUT2D eigenvalue weighted by atomic mass is 16.1. The maximum Gasteiger partial charge on any atom is 0.250 e. The number of rotatable bonds is 4. The normalized spacial score (nSPS) is 13.1. The summed E-state index contributed by atoms with van der Waals surface area (Å²) < 4.78 is 1.76.